The van der Waals surface area contributed by atoms with Gasteiger partial charge in [-0.25, -0.2) is 4.98 Å². The largest absolute Gasteiger partial charge is 0.309 e. The highest BCUT2D eigenvalue weighted by Crippen LogP contribution is 2.39. The Bertz CT molecular complexity index is 3990. The summed E-state index contributed by atoms with van der Waals surface area (Å²) in [7, 11) is 0. The summed E-state index contributed by atoms with van der Waals surface area (Å²) in [4.78, 5) is 5.33. The van der Waals surface area contributed by atoms with Crippen LogP contribution in [0.15, 0.2) is 255 Å². The Balaban J connectivity index is 0.904. The topological polar surface area (TPSA) is 27.7 Å². The van der Waals surface area contributed by atoms with Crippen LogP contribution in [0.3, 0.4) is 0 Å². The molecule has 4 aromatic heterocycles. The lowest BCUT2D eigenvalue weighted by Gasteiger charge is -2.16. The Kier molecular flexibility index (Phi) is 8.86. The van der Waals surface area contributed by atoms with E-state index in [9.17, 15) is 0 Å². The van der Waals surface area contributed by atoms with Gasteiger partial charge in [0.05, 0.1) is 44.5 Å². The number of hydrogen-bond acceptors (Lipinski definition) is 1. The van der Waals surface area contributed by atoms with Gasteiger partial charge in [-0.1, -0.05) is 176 Å². The second kappa shape index (κ2) is 15.7. The standard InChI is InChI=1S/C65H42N4/c1-2-16-45(17-3-1)58-40-48(44-34-36-49(37-35-44)67-60-24-10-4-18-52(60)53-19-5-11-25-61(53)67)41-59(66-58)46-32-30-43(31-33-46)47-38-50(68-62-26-12-6-20-54(62)55-21-7-13-27-63(55)68)42-51(39-47)69-64-28-14-8-22-56(64)57-23-9-15-29-65(57)69/h1-42H. The first-order valence-corrected chi connectivity index (χ1v) is 23.6. The summed E-state index contributed by atoms with van der Waals surface area (Å²) in [5, 5.41) is 7.48. The van der Waals surface area contributed by atoms with Gasteiger partial charge in [-0.3, -0.25) is 0 Å². The van der Waals surface area contributed by atoms with Crippen LogP contribution in [0, 0.1) is 0 Å². The summed E-state index contributed by atoms with van der Waals surface area (Å²) < 4.78 is 7.22. The maximum absolute atomic E-state index is 5.33. The Labute approximate surface area is 398 Å². The number of nitrogens with zero attached hydrogens (tertiary/aromatic N) is 4. The van der Waals surface area contributed by atoms with Crippen LogP contribution in [0.1, 0.15) is 0 Å². The minimum Gasteiger partial charge on any atom is -0.309 e. The molecule has 0 atom stereocenters. The molecular formula is C65H42N4. The zero-order chi connectivity index (χ0) is 45.4. The second-order valence-corrected chi connectivity index (χ2v) is 18.0. The van der Waals surface area contributed by atoms with E-state index in [2.05, 4.69) is 268 Å². The molecule has 0 aliphatic heterocycles. The van der Waals surface area contributed by atoms with Crippen LogP contribution < -0.4 is 0 Å². The molecule has 4 heteroatoms. The van der Waals surface area contributed by atoms with Crippen LogP contribution in [0.5, 0.6) is 0 Å². The fourth-order valence-electron chi connectivity index (χ4n) is 10.9. The monoisotopic (exact) mass is 878 g/mol. The number of benzene rings is 10. The number of aromatic nitrogens is 4. The van der Waals surface area contributed by atoms with Gasteiger partial charge in [0, 0.05) is 60.5 Å². The van der Waals surface area contributed by atoms with E-state index in [0.717, 1.165) is 61.8 Å². The van der Waals surface area contributed by atoms with E-state index >= 15 is 0 Å². The lowest BCUT2D eigenvalue weighted by molar-refractivity contribution is 1.13. The van der Waals surface area contributed by atoms with E-state index in [4.69, 9.17) is 4.98 Å². The molecule has 0 aliphatic carbocycles. The van der Waals surface area contributed by atoms with Crippen LogP contribution in [0.4, 0.5) is 0 Å². The van der Waals surface area contributed by atoms with Crippen LogP contribution in [0.25, 0.3) is 127 Å². The molecule has 0 fully saturated rings. The number of rotatable bonds is 7. The lowest BCUT2D eigenvalue weighted by atomic mass is 9.98. The van der Waals surface area contributed by atoms with E-state index in [1.165, 1.54) is 65.4 Å². The summed E-state index contributed by atoms with van der Waals surface area (Å²) in [5.74, 6) is 0. The first-order chi connectivity index (χ1) is 34.2. The summed E-state index contributed by atoms with van der Waals surface area (Å²) >= 11 is 0. The quantitative estimate of drug-likeness (QED) is 0.157. The Morgan fingerprint density at radius 1 is 0.203 bits per heavy atom. The molecule has 14 aromatic rings. The molecule has 0 aliphatic rings. The minimum atomic E-state index is 0.925. The highest BCUT2D eigenvalue weighted by molar-refractivity contribution is 6.11. The average molecular weight is 879 g/mol. The van der Waals surface area contributed by atoms with E-state index in [0.29, 0.717) is 0 Å². The van der Waals surface area contributed by atoms with Crippen LogP contribution >= 0.6 is 0 Å². The summed E-state index contributed by atoms with van der Waals surface area (Å²) in [6, 6.07) is 92.3. The van der Waals surface area contributed by atoms with E-state index in [1.54, 1.807) is 0 Å². The maximum atomic E-state index is 5.33. The van der Waals surface area contributed by atoms with Gasteiger partial charge in [-0.2, -0.15) is 0 Å². The Morgan fingerprint density at radius 3 is 0.884 bits per heavy atom. The maximum Gasteiger partial charge on any atom is 0.0715 e. The van der Waals surface area contributed by atoms with Gasteiger partial charge < -0.3 is 13.7 Å². The molecule has 10 aromatic carbocycles. The molecular weight excluding hydrogens is 837 g/mol. The van der Waals surface area contributed by atoms with Gasteiger partial charge in [-0.15, -0.1) is 0 Å². The number of hydrogen-bond donors (Lipinski definition) is 0. The number of pyridine rings is 1. The van der Waals surface area contributed by atoms with E-state index in [-0.39, 0.29) is 0 Å². The van der Waals surface area contributed by atoms with Gasteiger partial charge in [0.25, 0.3) is 0 Å². The third-order valence-corrected chi connectivity index (χ3v) is 14.0. The van der Waals surface area contributed by atoms with Crippen LogP contribution in [0.2, 0.25) is 0 Å². The van der Waals surface area contributed by atoms with Crippen molar-refractivity contribution in [3.63, 3.8) is 0 Å². The van der Waals surface area contributed by atoms with E-state index < -0.39 is 0 Å². The normalized spacial score (nSPS) is 11.8. The smallest absolute Gasteiger partial charge is 0.0715 e. The number of fused-ring (bicyclic) bond motifs is 9. The van der Waals surface area contributed by atoms with Gasteiger partial charge in [-0.05, 0) is 101 Å². The zero-order valence-electron chi connectivity index (χ0n) is 37.5. The minimum absolute atomic E-state index is 0.925. The highest BCUT2D eigenvalue weighted by atomic mass is 15.0. The second-order valence-electron chi connectivity index (χ2n) is 18.0. The summed E-state index contributed by atoms with van der Waals surface area (Å²) in [6.45, 7) is 0. The van der Waals surface area contributed by atoms with Crippen molar-refractivity contribution in [2.45, 2.75) is 0 Å². The predicted molar refractivity (Wildman–Crippen MR) is 289 cm³/mol. The van der Waals surface area contributed by atoms with Gasteiger partial charge >= 0.3 is 0 Å². The van der Waals surface area contributed by atoms with Gasteiger partial charge in [0.2, 0.25) is 0 Å². The summed E-state index contributed by atoms with van der Waals surface area (Å²) in [5.41, 5.74) is 19.0. The van der Waals surface area contributed by atoms with Crippen molar-refractivity contribution in [2.75, 3.05) is 0 Å². The van der Waals surface area contributed by atoms with Crippen molar-refractivity contribution < 1.29 is 0 Å². The molecule has 4 heterocycles. The third-order valence-electron chi connectivity index (χ3n) is 14.0. The molecule has 0 spiro atoms. The van der Waals surface area contributed by atoms with Crippen molar-refractivity contribution in [3.05, 3.63) is 255 Å². The number of para-hydroxylation sites is 6. The molecule has 0 unspecified atom stereocenters. The van der Waals surface area contributed by atoms with E-state index in [1.807, 2.05) is 0 Å². The van der Waals surface area contributed by atoms with Crippen molar-refractivity contribution in [1.29, 1.82) is 0 Å². The van der Waals surface area contributed by atoms with Gasteiger partial charge in [0.15, 0.2) is 0 Å². The highest BCUT2D eigenvalue weighted by Gasteiger charge is 2.18. The third kappa shape index (κ3) is 6.34. The lowest BCUT2D eigenvalue weighted by Crippen LogP contribution is -2.00. The fraction of sp³-hybridized carbons (Fsp3) is 0. The molecule has 0 amide bonds. The average Bonchev–Trinajstić information content (AvgIpc) is 4.07. The molecule has 0 saturated carbocycles. The van der Waals surface area contributed by atoms with Crippen molar-refractivity contribution in [3.8, 4) is 61.8 Å². The summed E-state index contributed by atoms with van der Waals surface area (Å²) in [6.07, 6.45) is 0. The van der Waals surface area contributed by atoms with Crippen molar-refractivity contribution >= 4 is 65.4 Å². The molecule has 0 saturated heterocycles. The molecule has 0 bridgehead atoms. The molecule has 4 nitrogen and oxygen atoms in total. The Hall–Kier alpha value is -9.25. The zero-order valence-corrected chi connectivity index (χ0v) is 37.5. The van der Waals surface area contributed by atoms with Crippen molar-refractivity contribution in [1.82, 2.24) is 18.7 Å². The molecule has 0 N–H and O–H groups in total. The SMILES string of the molecule is c1ccc(-c2cc(-c3ccc(-n4c5ccccc5c5ccccc54)cc3)cc(-c3ccc(-c4cc(-n5c6ccccc6c6ccccc65)cc(-n5c6ccccc6c6ccccc65)c4)cc3)n2)cc1. The Morgan fingerprint density at radius 2 is 0.493 bits per heavy atom. The molecule has 14 rings (SSSR count). The molecule has 69 heavy (non-hydrogen) atoms. The fourth-order valence-corrected chi connectivity index (χ4v) is 10.9. The molecule has 0 radical (unpaired) electrons. The van der Waals surface area contributed by atoms with Crippen molar-refractivity contribution in [2.24, 2.45) is 0 Å². The first kappa shape index (κ1) is 39.0. The van der Waals surface area contributed by atoms with Gasteiger partial charge in [0.1, 0.15) is 0 Å². The predicted octanol–water partition coefficient (Wildman–Crippen LogP) is 17.0. The van der Waals surface area contributed by atoms with Crippen LogP contribution in [-0.2, 0) is 0 Å². The first-order valence-electron chi connectivity index (χ1n) is 23.6. The van der Waals surface area contributed by atoms with Crippen LogP contribution in [-0.4, -0.2) is 18.7 Å². The molecule has 322 valence electrons.